The Bertz CT molecular complexity index is 1040. The van der Waals surface area contributed by atoms with Gasteiger partial charge in [0.25, 0.3) is 0 Å². The van der Waals surface area contributed by atoms with Crippen LogP contribution >= 0.6 is 0 Å². The molecule has 1 aliphatic heterocycles. The molecule has 1 saturated heterocycles. The number of amides is 1. The molecule has 1 amide bonds. The summed E-state index contributed by atoms with van der Waals surface area (Å²) in [5, 5.41) is 4.07. The number of rotatable bonds is 8. The van der Waals surface area contributed by atoms with Gasteiger partial charge in [-0.2, -0.15) is 4.98 Å². The summed E-state index contributed by atoms with van der Waals surface area (Å²) < 4.78 is 16.0. The second-order valence-corrected chi connectivity index (χ2v) is 7.82. The SMILES string of the molecule is COc1ccc(-c2noc(CCCC(=O)N3CCCC[C@H]3c3cccnc3)n2)cc1OC. The lowest BCUT2D eigenvalue weighted by Crippen LogP contribution is -2.38. The fourth-order valence-corrected chi connectivity index (χ4v) is 4.13. The number of likely N-dealkylation sites (tertiary alicyclic amines) is 1. The van der Waals surface area contributed by atoms with E-state index in [4.69, 9.17) is 14.0 Å². The maximum atomic E-state index is 12.9. The minimum atomic E-state index is 0.116. The van der Waals surface area contributed by atoms with Gasteiger partial charge in [0.05, 0.1) is 20.3 Å². The fourth-order valence-electron chi connectivity index (χ4n) is 4.13. The maximum Gasteiger partial charge on any atom is 0.226 e. The van der Waals surface area contributed by atoms with Crippen molar-refractivity contribution < 1.29 is 18.8 Å². The molecule has 1 fully saturated rings. The van der Waals surface area contributed by atoms with Crippen molar-refractivity contribution in [1.82, 2.24) is 20.0 Å². The first-order valence-corrected chi connectivity index (χ1v) is 10.9. The zero-order chi connectivity index (χ0) is 22.3. The lowest BCUT2D eigenvalue weighted by atomic mass is 9.96. The fraction of sp³-hybridized carbons (Fsp3) is 0.417. The molecule has 4 rings (SSSR count). The van der Waals surface area contributed by atoms with Crippen LogP contribution in [0.25, 0.3) is 11.4 Å². The number of piperidine rings is 1. The lowest BCUT2D eigenvalue weighted by molar-refractivity contribution is -0.135. The first-order valence-electron chi connectivity index (χ1n) is 10.9. The van der Waals surface area contributed by atoms with Crippen LogP contribution in [-0.4, -0.2) is 46.7 Å². The van der Waals surface area contributed by atoms with E-state index in [2.05, 4.69) is 21.2 Å². The summed E-state index contributed by atoms with van der Waals surface area (Å²) in [7, 11) is 3.18. The van der Waals surface area contributed by atoms with Gasteiger partial charge in [-0.15, -0.1) is 0 Å². The van der Waals surface area contributed by atoms with Crippen molar-refractivity contribution in [3.05, 3.63) is 54.2 Å². The highest BCUT2D eigenvalue weighted by atomic mass is 16.5. The summed E-state index contributed by atoms with van der Waals surface area (Å²) in [5.74, 6) is 2.41. The van der Waals surface area contributed by atoms with Crippen molar-refractivity contribution in [2.24, 2.45) is 0 Å². The first kappa shape index (κ1) is 21.8. The van der Waals surface area contributed by atoms with Crippen LogP contribution in [-0.2, 0) is 11.2 Å². The van der Waals surface area contributed by atoms with Gasteiger partial charge < -0.3 is 18.9 Å². The second-order valence-electron chi connectivity index (χ2n) is 7.82. The number of carbonyl (C=O) groups is 1. The molecule has 8 heteroatoms. The summed E-state index contributed by atoms with van der Waals surface area (Å²) in [6.45, 7) is 0.794. The molecule has 168 valence electrons. The van der Waals surface area contributed by atoms with E-state index in [0.29, 0.717) is 42.5 Å². The van der Waals surface area contributed by atoms with Crippen LogP contribution in [0.15, 0.2) is 47.2 Å². The number of ether oxygens (including phenoxy) is 2. The molecule has 0 bridgehead atoms. The number of hydrogen-bond donors (Lipinski definition) is 0. The van der Waals surface area contributed by atoms with Crippen LogP contribution in [0.3, 0.4) is 0 Å². The number of aromatic nitrogens is 3. The van der Waals surface area contributed by atoms with Crippen LogP contribution < -0.4 is 9.47 Å². The zero-order valence-corrected chi connectivity index (χ0v) is 18.5. The van der Waals surface area contributed by atoms with Gasteiger partial charge in [0, 0.05) is 37.3 Å². The van der Waals surface area contributed by atoms with Crippen LogP contribution in [0.5, 0.6) is 11.5 Å². The quantitative estimate of drug-likeness (QED) is 0.522. The van der Waals surface area contributed by atoms with E-state index in [1.165, 1.54) is 0 Å². The molecule has 8 nitrogen and oxygen atoms in total. The number of methoxy groups -OCH3 is 2. The summed E-state index contributed by atoms with van der Waals surface area (Å²) in [6.07, 6.45) is 8.44. The Labute approximate surface area is 187 Å². The van der Waals surface area contributed by atoms with E-state index >= 15 is 0 Å². The van der Waals surface area contributed by atoms with Crippen molar-refractivity contribution in [3.63, 3.8) is 0 Å². The molecule has 0 spiro atoms. The van der Waals surface area contributed by atoms with E-state index in [-0.39, 0.29) is 11.9 Å². The highest BCUT2D eigenvalue weighted by molar-refractivity contribution is 5.76. The molecule has 1 atom stereocenters. The molecular weight excluding hydrogens is 408 g/mol. The maximum absolute atomic E-state index is 12.9. The second kappa shape index (κ2) is 10.3. The number of pyridine rings is 1. The normalized spacial score (nSPS) is 16.1. The Morgan fingerprint density at radius 1 is 1.19 bits per heavy atom. The number of hydrogen-bond acceptors (Lipinski definition) is 7. The van der Waals surface area contributed by atoms with E-state index in [0.717, 1.165) is 36.9 Å². The van der Waals surface area contributed by atoms with Crippen molar-refractivity contribution in [2.45, 2.75) is 44.6 Å². The molecule has 3 heterocycles. The molecule has 0 N–H and O–H groups in total. The van der Waals surface area contributed by atoms with Crippen molar-refractivity contribution >= 4 is 5.91 Å². The summed E-state index contributed by atoms with van der Waals surface area (Å²) >= 11 is 0. The predicted octanol–water partition coefficient (Wildman–Crippen LogP) is 4.23. The van der Waals surface area contributed by atoms with Gasteiger partial charge in [-0.25, -0.2) is 0 Å². The molecule has 0 radical (unpaired) electrons. The number of nitrogens with zero attached hydrogens (tertiary/aromatic N) is 4. The summed E-state index contributed by atoms with van der Waals surface area (Å²) in [4.78, 5) is 23.6. The monoisotopic (exact) mass is 436 g/mol. The predicted molar refractivity (Wildman–Crippen MR) is 118 cm³/mol. The topological polar surface area (TPSA) is 90.6 Å². The summed E-state index contributed by atoms with van der Waals surface area (Å²) in [5.41, 5.74) is 1.89. The van der Waals surface area contributed by atoms with E-state index in [1.807, 2.05) is 29.3 Å². The van der Waals surface area contributed by atoms with Crippen LogP contribution in [0, 0.1) is 0 Å². The van der Waals surface area contributed by atoms with Crippen molar-refractivity contribution in [3.8, 4) is 22.9 Å². The standard InChI is InChI=1S/C24H28N4O4/c1-30-20-12-11-17(15-21(20)31-2)24-26-22(32-27-24)9-5-10-23(29)28-14-4-3-8-19(28)18-7-6-13-25-16-18/h6-7,11-13,15-16,19H,3-5,8-10,14H2,1-2H3/t19-/m0/s1. The van der Waals surface area contributed by atoms with Crippen LogP contribution in [0.1, 0.15) is 49.6 Å². The average molecular weight is 437 g/mol. The largest absolute Gasteiger partial charge is 0.493 e. The van der Waals surface area contributed by atoms with Gasteiger partial charge in [0.1, 0.15) is 0 Å². The molecule has 1 aromatic carbocycles. The number of aryl methyl sites for hydroxylation is 1. The molecule has 3 aromatic rings. The molecule has 0 unspecified atom stereocenters. The minimum absolute atomic E-state index is 0.116. The van der Waals surface area contributed by atoms with Gasteiger partial charge in [-0.3, -0.25) is 9.78 Å². The van der Waals surface area contributed by atoms with E-state index in [1.54, 1.807) is 26.5 Å². The van der Waals surface area contributed by atoms with Gasteiger partial charge in [0.15, 0.2) is 11.5 Å². The molecule has 1 aliphatic rings. The molecular formula is C24H28N4O4. The van der Waals surface area contributed by atoms with Gasteiger partial charge in [-0.05, 0) is 55.5 Å². The Balaban J connectivity index is 1.35. The zero-order valence-electron chi connectivity index (χ0n) is 18.5. The third kappa shape index (κ3) is 4.90. The Kier molecular flexibility index (Phi) is 6.99. The molecule has 32 heavy (non-hydrogen) atoms. The highest BCUT2D eigenvalue weighted by Crippen LogP contribution is 2.32. The van der Waals surface area contributed by atoms with Gasteiger partial charge in [-0.1, -0.05) is 11.2 Å². The number of carbonyl (C=O) groups excluding carboxylic acids is 1. The molecule has 0 saturated carbocycles. The van der Waals surface area contributed by atoms with Crippen molar-refractivity contribution in [2.75, 3.05) is 20.8 Å². The first-order chi connectivity index (χ1) is 15.7. The Morgan fingerprint density at radius 2 is 2.06 bits per heavy atom. The average Bonchev–Trinajstić information content (AvgIpc) is 3.33. The number of benzene rings is 1. The van der Waals surface area contributed by atoms with Crippen molar-refractivity contribution in [1.29, 1.82) is 0 Å². The third-order valence-electron chi connectivity index (χ3n) is 5.78. The van der Waals surface area contributed by atoms with Crippen LogP contribution in [0.4, 0.5) is 0 Å². The molecule has 2 aromatic heterocycles. The Hall–Kier alpha value is -3.42. The lowest BCUT2D eigenvalue weighted by Gasteiger charge is -2.36. The van der Waals surface area contributed by atoms with Gasteiger partial charge >= 0.3 is 0 Å². The summed E-state index contributed by atoms with van der Waals surface area (Å²) in [6, 6.07) is 9.57. The van der Waals surface area contributed by atoms with Gasteiger partial charge in [0.2, 0.25) is 17.6 Å². The highest BCUT2D eigenvalue weighted by Gasteiger charge is 2.27. The van der Waals surface area contributed by atoms with Crippen LogP contribution in [0.2, 0.25) is 0 Å². The Morgan fingerprint density at radius 3 is 2.84 bits per heavy atom. The smallest absolute Gasteiger partial charge is 0.226 e. The van der Waals surface area contributed by atoms with E-state index < -0.39 is 0 Å². The minimum Gasteiger partial charge on any atom is -0.493 e. The molecule has 0 aliphatic carbocycles. The van der Waals surface area contributed by atoms with E-state index in [9.17, 15) is 4.79 Å². The third-order valence-corrected chi connectivity index (χ3v) is 5.78.